The summed E-state index contributed by atoms with van der Waals surface area (Å²) in [6.07, 6.45) is -0.937. The predicted octanol–water partition coefficient (Wildman–Crippen LogP) is 5.61. The van der Waals surface area contributed by atoms with Gasteiger partial charge < -0.3 is 52.1 Å². The molecule has 0 aliphatic carbocycles. The fraction of sp³-hybridized carbons (Fsp3) is 0.893. The van der Waals surface area contributed by atoms with Crippen molar-refractivity contribution in [3.63, 3.8) is 0 Å². The van der Waals surface area contributed by atoms with Gasteiger partial charge in [0.2, 0.25) is 17.7 Å². The van der Waals surface area contributed by atoms with Crippen molar-refractivity contribution in [2.45, 2.75) is 98.4 Å². The number of nitrogens with one attached hydrogen (secondary N) is 3. The van der Waals surface area contributed by atoms with Gasteiger partial charge in [-0.2, -0.15) is 0 Å². The van der Waals surface area contributed by atoms with Gasteiger partial charge in [0, 0.05) is 20.0 Å². The summed E-state index contributed by atoms with van der Waals surface area (Å²) in [7, 11) is -16.3. The standard InChI is InChI=1S/C28H59N3O15P4/c1-10-39-47(35,40-11-2)26(48(36,41-12-3)42-13-4)18-20-29-25(33)22-24(31-23(9)32)28(34)30-21-19-27(49(37,43-14-5)44-15-6)50(38,45-16-7)46-17-8/h24,26-27H,10-22H2,1-9H3,(H,29,33)(H,30,34)(H,31,32). The quantitative estimate of drug-likeness (QED) is 0.0750. The number of rotatable bonds is 30. The summed E-state index contributed by atoms with van der Waals surface area (Å²) >= 11 is 0. The minimum Gasteiger partial charge on any atom is -0.356 e. The largest absolute Gasteiger partial charge is 0.356 e. The van der Waals surface area contributed by atoms with Gasteiger partial charge in [-0.1, -0.05) is 0 Å². The molecular formula is C28H59N3O15P4. The average molecular weight is 802 g/mol. The van der Waals surface area contributed by atoms with Gasteiger partial charge in [0.05, 0.1) is 59.3 Å². The molecule has 3 amide bonds. The maximum Gasteiger partial charge on any atom is 0.345 e. The minimum atomic E-state index is -4.08. The number of carbonyl (C=O) groups excluding carboxylic acids is 3. The highest BCUT2D eigenvalue weighted by Crippen LogP contribution is 2.72. The van der Waals surface area contributed by atoms with E-state index in [0.29, 0.717) is 0 Å². The van der Waals surface area contributed by atoms with Gasteiger partial charge in [0.15, 0.2) is 10.8 Å². The van der Waals surface area contributed by atoms with E-state index in [9.17, 15) is 32.6 Å². The third kappa shape index (κ3) is 15.9. The Hall–Kier alpha value is -0.990. The van der Waals surface area contributed by atoms with Crippen LogP contribution in [-0.2, 0) is 68.8 Å². The van der Waals surface area contributed by atoms with Crippen molar-refractivity contribution in [3.8, 4) is 0 Å². The summed E-state index contributed by atoms with van der Waals surface area (Å²) in [4.78, 5) is 38.2. The van der Waals surface area contributed by atoms with Crippen molar-refractivity contribution in [2.75, 3.05) is 65.9 Å². The van der Waals surface area contributed by atoms with Crippen molar-refractivity contribution in [3.05, 3.63) is 0 Å². The first-order chi connectivity index (χ1) is 23.5. The molecule has 0 saturated carbocycles. The van der Waals surface area contributed by atoms with Gasteiger partial charge in [-0.3, -0.25) is 32.6 Å². The number of hydrogen-bond acceptors (Lipinski definition) is 15. The van der Waals surface area contributed by atoms with E-state index in [1.165, 1.54) is 0 Å². The second-order valence-electron chi connectivity index (χ2n) is 10.1. The van der Waals surface area contributed by atoms with Crippen LogP contribution in [0, 0.1) is 0 Å². The van der Waals surface area contributed by atoms with E-state index in [4.69, 9.17) is 36.2 Å². The van der Waals surface area contributed by atoms with Crippen molar-refractivity contribution in [2.24, 2.45) is 0 Å². The summed E-state index contributed by atoms with van der Waals surface area (Å²) in [5, 5.41) is 4.81. The van der Waals surface area contributed by atoms with Gasteiger partial charge >= 0.3 is 30.4 Å². The Balaban J connectivity index is 5.98. The summed E-state index contributed by atoms with van der Waals surface area (Å²) in [6, 6.07) is -1.35. The lowest BCUT2D eigenvalue weighted by Crippen LogP contribution is -2.49. The Labute approximate surface area is 296 Å². The van der Waals surface area contributed by atoms with E-state index in [2.05, 4.69) is 16.0 Å². The van der Waals surface area contributed by atoms with E-state index < -0.39 is 71.4 Å². The van der Waals surface area contributed by atoms with Gasteiger partial charge in [-0.15, -0.1) is 0 Å². The monoisotopic (exact) mass is 801 g/mol. The van der Waals surface area contributed by atoms with E-state index >= 15 is 0 Å². The molecule has 3 N–H and O–H groups in total. The molecule has 0 saturated heterocycles. The van der Waals surface area contributed by atoms with E-state index in [-0.39, 0.29) is 78.8 Å². The molecule has 1 atom stereocenters. The Morgan fingerprint density at radius 1 is 0.500 bits per heavy atom. The lowest BCUT2D eigenvalue weighted by atomic mass is 10.1. The molecule has 0 aromatic carbocycles. The first-order valence-electron chi connectivity index (χ1n) is 16.9. The maximum atomic E-state index is 13.8. The second kappa shape index (κ2) is 25.1. The molecule has 296 valence electrons. The van der Waals surface area contributed by atoms with Crippen molar-refractivity contribution < 1.29 is 68.8 Å². The van der Waals surface area contributed by atoms with Crippen LogP contribution < -0.4 is 16.0 Å². The molecule has 1 unspecified atom stereocenters. The van der Waals surface area contributed by atoms with Crippen LogP contribution in [0.4, 0.5) is 0 Å². The SMILES string of the molecule is CCOP(=O)(OCC)C(CCNC(=O)CC(NC(C)=O)C(=O)NCCC(P(=O)(OCC)OCC)P(=O)(OCC)OCC)P(=O)(OCC)OCC. The maximum absolute atomic E-state index is 13.8. The Bertz CT molecular complexity index is 1120. The summed E-state index contributed by atoms with van der Waals surface area (Å²) in [6.45, 7) is 13.3. The van der Waals surface area contributed by atoms with Gasteiger partial charge in [-0.25, -0.2) is 0 Å². The predicted molar refractivity (Wildman–Crippen MR) is 188 cm³/mol. The third-order valence-electron chi connectivity index (χ3n) is 6.44. The smallest absolute Gasteiger partial charge is 0.345 e. The molecule has 0 aromatic heterocycles. The van der Waals surface area contributed by atoms with Crippen LogP contribution in [0.2, 0.25) is 0 Å². The molecule has 50 heavy (non-hydrogen) atoms. The molecule has 0 bridgehead atoms. The van der Waals surface area contributed by atoms with Gasteiger partial charge in [0.1, 0.15) is 6.04 Å². The zero-order valence-corrected chi connectivity index (χ0v) is 34.4. The number of carbonyl (C=O) groups is 3. The number of hydrogen-bond donors (Lipinski definition) is 3. The van der Waals surface area contributed by atoms with Crippen LogP contribution in [-0.4, -0.2) is 101 Å². The topological polar surface area (TPSA) is 229 Å². The first kappa shape index (κ1) is 49.0. The van der Waals surface area contributed by atoms with Crippen molar-refractivity contribution >= 4 is 48.1 Å². The molecule has 0 aliphatic rings. The highest BCUT2D eigenvalue weighted by Gasteiger charge is 2.51. The molecule has 0 rings (SSSR count). The second-order valence-corrected chi connectivity index (χ2v) is 19.8. The lowest BCUT2D eigenvalue weighted by Gasteiger charge is -2.31. The van der Waals surface area contributed by atoms with E-state index in [1.807, 2.05) is 0 Å². The van der Waals surface area contributed by atoms with Gasteiger partial charge in [-0.05, 0) is 68.2 Å². The highest BCUT2D eigenvalue weighted by atomic mass is 31.2. The van der Waals surface area contributed by atoms with Crippen LogP contribution >= 0.6 is 30.4 Å². The molecule has 22 heteroatoms. The molecular weight excluding hydrogens is 742 g/mol. The molecule has 0 heterocycles. The molecule has 0 fully saturated rings. The molecule has 0 aromatic rings. The lowest BCUT2D eigenvalue weighted by molar-refractivity contribution is -0.131. The highest BCUT2D eigenvalue weighted by molar-refractivity contribution is 7.73. The average Bonchev–Trinajstić information content (AvgIpc) is 3.01. The Kier molecular flexibility index (Phi) is 24.6. The zero-order valence-electron chi connectivity index (χ0n) is 30.8. The van der Waals surface area contributed by atoms with Crippen molar-refractivity contribution in [1.82, 2.24) is 16.0 Å². The van der Waals surface area contributed by atoms with E-state index in [1.54, 1.807) is 55.4 Å². The van der Waals surface area contributed by atoms with Crippen LogP contribution in [0.3, 0.4) is 0 Å². The van der Waals surface area contributed by atoms with Crippen LogP contribution in [0.25, 0.3) is 0 Å². The zero-order chi connectivity index (χ0) is 38.4. The first-order valence-corrected chi connectivity index (χ1v) is 23.4. The molecule has 0 radical (unpaired) electrons. The van der Waals surface area contributed by atoms with Crippen molar-refractivity contribution in [1.29, 1.82) is 0 Å². The fourth-order valence-corrected chi connectivity index (χ4v) is 15.5. The van der Waals surface area contributed by atoms with Crippen LogP contribution in [0.15, 0.2) is 0 Å². The minimum absolute atomic E-state index is 0.0176. The Morgan fingerprint density at radius 2 is 0.780 bits per heavy atom. The number of amides is 3. The summed E-state index contributed by atoms with van der Waals surface area (Å²) < 4.78 is 98.5. The summed E-state index contributed by atoms with van der Waals surface area (Å²) in [5.41, 5.74) is 0. The van der Waals surface area contributed by atoms with Crippen LogP contribution in [0.5, 0.6) is 0 Å². The fourth-order valence-electron chi connectivity index (χ4n) is 4.76. The molecule has 18 nitrogen and oxygen atoms in total. The summed E-state index contributed by atoms with van der Waals surface area (Å²) in [5.74, 6) is -2.06. The molecule has 0 aliphatic heterocycles. The van der Waals surface area contributed by atoms with Crippen LogP contribution in [0.1, 0.15) is 81.6 Å². The third-order valence-corrected chi connectivity index (χ3v) is 18.7. The Morgan fingerprint density at radius 3 is 1.04 bits per heavy atom. The van der Waals surface area contributed by atoms with Gasteiger partial charge in [0.25, 0.3) is 0 Å². The molecule has 0 spiro atoms. The van der Waals surface area contributed by atoms with E-state index in [0.717, 1.165) is 6.92 Å². The normalized spacial score (nSPS) is 13.4.